The topological polar surface area (TPSA) is 29.1 Å². The van der Waals surface area contributed by atoms with E-state index in [4.69, 9.17) is 0 Å². The first-order chi connectivity index (χ1) is 4.31. The van der Waals surface area contributed by atoms with E-state index in [1.165, 1.54) is 12.2 Å². The van der Waals surface area contributed by atoms with Crippen molar-refractivity contribution < 1.29 is 9.18 Å². The van der Waals surface area contributed by atoms with Gasteiger partial charge in [0.2, 0.25) is 6.41 Å². The van der Waals surface area contributed by atoms with Crippen LogP contribution < -0.4 is 5.32 Å². The Morgan fingerprint density at radius 3 is 2.78 bits per heavy atom. The lowest BCUT2D eigenvalue weighted by Crippen LogP contribution is -1.99. The second kappa shape index (κ2) is 5.03. The maximum atomic E-state index is 12.1. The van der Waals surface area contributed by atoms with Crippen LogP contribution in [0.2, 0.25) is 0 Å². The van der Waals surface area contributed by atoms with Gasteiger partial charge in [-0.3, -0.25) is 4.79 Å². The Morgan fingerprint density at radius 1 is 1.67 bits per heavy atom. The Labute approximate surface area is 53.1 Å². The van der Waals surface area contributed by atoms with Crippen LogP contribution in [0.25, 0.3) is 0 Å². The van der Waals surface area contributed by atoms with E-state index in [0.29, 0.717) is 6.41 Å². The second-order valence-electron chi connectivity index (χ2n) is 1.31. The number of carbonyl (C=O) groups is 1. The van der Waals surface area contributed by atoms with Gasteiger partial charge in [-0.25, -0.2) is 4.39 Å². The number of nitrogens with one attached hydrogen (secondary N) is 1. The summed E-state index contributed by atoms with van der Waals surface area (Å²) in [6.07, 6.45) is 4.17. The highest BCUT2D eigenvalue weighted by Gasteiger charge is 1.81. The molecule has 0 atom stereocenters. The molecule has 2 nitrogen and oxygen atoms in total. The highest BCUT2D eigenvalue weighted by atomic mass is 19.1. The Morgan fingerprint density at radius 2 is 2.33 bits per heavy atom. The number of carbonyl (C=O) groups excluding carboxylic acids is 1. The number of halogens is 1. The van der Waals surface area contributed by atoms with Crippen LogP contribution in [0.4, 0.5) is 4.39 Å². The van der Waals surface area contributed by atoms with Crippen LogP contribution in [0.15, 0.2) is 24.2 Å². The number of allylic oxidation sites excluding steroid dienone is 3. The lowest BCUT2D eigenvalue weighted by Gasteiger charge is -1.83. The summed E-state index contributed by atoms with van der Waals surface area (Å²) in [5.41, 5.74) is 0. The molecule has 0 aliphatic heterocycles. The lowest BCUT2D eigenvalue weighted by molar-refractivity contribution is -0.108. The molecule has 0 bridgehead atoms. The van der Waals surface area contributed by atoms with Crippen molar-refractivity contribution in [1.82, 2.24) is 5.32 Å². The molecule has 0 saturated carbocycles. The maximum Gasteiger partial charge on any atom is 0.211 e. The average molecular weight is 129 g/mol. The minimum atomic E-state index is -0.468. The molecule has 0 heterocycles. The number of rotatable bonds is 3. The molecule has 0 aromatic rings. The van der Waals surface area contributed by atoms with Crippen LogP contribution in [-0.4, -0.2) is 6.41 Å². The van der Waals surface area contributed by atoms with Gasteiger partial charge in [0.25, 0.3) is 0 Å². The van der Waals surface area contributed by atoms with E-state index in [9.17, 15) is 9.18 Å². The second-order valence-corrected chi connectivity index (χ2v) is 1.31. The zero-order valence-electron chi connectivity index (χ0n) is 5.10. The quantitative estimate of drug-likeness (QED) is 0.449. The van der Waals surface area contributed by atoms with Gasteiger partial charge >= 0.3 is 0 Å². The van der Waals surface area contributed by atoms with Gasteiger partial charge in [0.1, 0.15) is 5.83 Å². The van der Waals surface area contributed by atoms with E-state index in [0.717, 1.165) is 6.20 Å². The molecule has 50 valence electrons. The molecule has 1 amide bonds. The van der Waals surface area contributed by atoms with E-state index in [2.05, 4.69) is 5.32 Å². The monoisotopic (exact) mass is 129 g/mol. The van der Waals surface area contributed by atoms with Gasteiger partial charge in [0.05, 0.1) is 0 Å². The molecular formula is C6H8FNO. The fourth-order valence-electron chi connectivity index (χ4n) is 0.321. The molecule has 9 heavy (non-hydrogen) atoms. The summed E-state index contributed by atoms with van der Waals surface area (Å²) in [6, 6.07) is 0. The minimum Gasteiger partial charge on any atom is -0.332 e. The van der Waals surface area contributed by atoms with Gasteiger partial charge in [-0.05, 0) is 13.0 Å². The molecule has 0 aromatic carbocycles. The first-order valence-corrected chi connectivity index (χ1v) is 2.49. The van der Waals surface area contributed by atoms with Gasteiger partial charge in [-0.2, -0.15) is 0 Å². The largest absolute Gasteiger partial charge is 0.332 e. The van der Waals surface area contributed by atoms with Gasteiger partial charge in [0.15, 0.2) is 0 Å². The summed E-state index contributed by atoms with van der Waals surface area (Å²) in [7, 11) is 0. The molecule has 0 aromatic heterocycles. The smallest absolute Gasteiger partial charge is 0.211 e. The third-order valence-corrected chi connectivity index (χ3v) is 0.615. The van der Waals surface area contributed by atoms with Crippen LogP contribution in [0.3, 0.4) is 0 Å². The first kappa shape index (κ1) is 7.88. The van der Waals surface area contributed by atoms with Crippen molar-refractivity contribution in [2.45, 2.75) is 6.92 Å². The van der Waals surface area contributed by atoms with Crippen molar-refractivity contribution in [3.05, 3.63) is 24.2 Å². The summed E-state index contributed by atoms with van der Waals surface area (Å²) < 4.78 is 12.1. The van der Waals surface area contributed by atoms with Gasteiger partial charge in [-0.15, -0.1) is 0 Å². The van der Waals surface area contributed by atoms with Crippen molar-refractivity contribution >= 4 is 6.41 Å². The Hall–Kier alpha value is -1.12. The predicted molar refractivity (Wildman–Crippen MR) is 33.2 cm³/mol. The summed E-state index contributed by atoms with van der Waals surface area (Å²) >= 11 is 0. The van der Waals surface area contributed by atoms with Crippen molar-refractivity contribution in [3.8, 4) is 0 Å². The molecule has 0 fully saturated rings. The molecule has 0 aliphatic carbocycles. The van der Waals surface area contributed by atoms with Gasteiger partial charge < -0.3 is 5.32 Å². The van der Waals surface area contributed by atoms with Gasteiger partial charge in [-0.1, -0.05) is 6.08 Å². The zero-order valence-corrected chi connectivity index (χ0v) is 5.10. The van der Waals surface area contributed by atoms with E-state index in [1.807, 2.05) is 0 Å². The third-order valence-electron chi connectivity index (χ3n) is 0.615. The van der Waals surface area contributed by atoms with Crippen molar-refractivity contribution in [3.63, 3.8) is 0 Å². The van der Waals surface area contributed by atoms with Crippen LogP contribution in [0.5, 0.6) is 0 Å². The molecule has 3 heteroatoms. The van der Waals surface area contributed by atoms with E-state index >= 15 is 0 Å². The minimum absolute atomic E-state index is 0.406. The van der Waals surface area contributed by atoms with Gasteiger partial charge in [0, 0.05) is 6.20 Å². The molecule has 0 unspecified atom stereocenters. The molecule has 0 radical (unpaired) electrons. The first-order valence-electron chi connectivity index (χ1n) is 2.49. The Balaban J connectivity index is 3.68. The maximum absolute atomic E-state index is 12.1. The lowest BCUT2D eigenvalue weighted by atomic mass is 10.5. The highest BCUT2D eigenvalue weighted by Crippen LogP contribution is 1.93. The summed E-state index contributed by atoms with van der Waals surface area (Å²) in [5.74, 6) is -0.468. The van der Waals surface area contributed by atoms with E-state index < -0.39 is 5.83 Å². The molecule has 1 N–H and O–H groups in total. The Bertz CT molecular complexity index is 140. The Kier molecular flexibility index (Phi) is 4.40. The summed E-state index contributed by atoms with van der Waals surface area (Å²) in [4.78, 5) is 9.57. The van der Waals surface area contributed by atoms with Crippen LogP contribution >= 0.6 is 0 Å². The fraction of sp³-hybridized carbons (Fsp3) is 0.167. The third kappa shape index (κ3) is 4.74. The molecule has 0 saturated heterocycles. The molecule has 0 rings (SSSR count). The molecular weight excluding hydrogens is 121 g/mol. The standard InChI is InChI=1S/C6H8FNO/c1-2-3-6(7)4-8-5-9/h2-5H,1H3,(H,8,9)/b3-2-,6-4+. The highest BCUT2D eigenvalue weighted by molar-refractivity contribution is 5.48. The van der Waals surface area contributed by atoms with E-state index in [1.54, 1.807) is 6.92 Å². The summed E-state index contributed by atoms with van der Waals surface area (Å²) in [6.45, 7) is 1.69. The number of hydrogen-bond donors (Lipinski definition) is 1. The molecule has 0 spiro atoms. The van der Waals surface area contributed by atoms with Crippen LogP contribution in [0, 0.1) is 0 Å². The predicted octanol–water partition coefficient (Wildman–Crippen LogP) is 1.12. The van der Waals surface area contributed by atoms with Crippen molar-refractivity contribution in [1.29, 1.82) is 0 Å². The summed E-state index contributed by atoms with van der Waals surface area (Å²) in [5, 5.41) is 2.06. The number of hydrogen-bond acceptors (Lipinski definition) is 1. The van der Waals surface area contributed by atoms with E-state index in [-0.39, 0.29) is 0 Å². The molecule has 0 aliphatic rings. The normalized spacial score (nSPS) is 12.0. The fourth-order valence-corrected chi connectivity index (χ4v) is 0.321. The van der Waals surface area contributed by atoms with Crippen LogP contribution in [0.1, 0.15) is 6.92 Å². The zero-order chi connectivity index (χ0) is 7.11. The van der Waals surface area contributed by atoms with Crippen molar-refractivity contribution in [2.24, 2.45) is 0 Å². The average Bonchev–Trinajstić information content (AvgIpc) is 1.85. The number of amides is 1. The van der Waals surface area contributed by atoms with Crippen molar-refractivity contribution in [2.75, 3.05) is 0 Å². The SMILES string of the molecule is C/C=C\C(F)=C/NC=O. The van der Waals surface area contributed by atoms with Crippen LogP contribution in [-0.2, 0) is 4.79 Å².